The topological polar surface area (TPSA) is 89.3 Å². The fourth-order valence-electron chi connectivity index (χ4n) is 1.51. The van der Waals surface area contributed by atoms with Crippen molar-refractivity contribution in [3.8, 4) is 0 Å². The first kappa shape index (κ1) is 13.3. The van der Waals surface area contributed by atoms with Gasteiger partial charge in [0.15, 0.2) is 0 Å². The summed E-state index contributed by atoms with van der Waals surface area (Å²) in [6, 6.07) is 3.82. The lowest BCUT2D eigenvalue weighted by atomic mass is 10.2. The number of nitrogens with two attached hydrogens (primary N) is 1. The molecule has 0 bridgehead atoms. The van der Waals surface area contributed by atoms with E-state index in [0.29, 0.717) is 12.5 Å². The quantitative estimate of drug-likeness (QED) is 0.870. The number of hydrogen-bond donors (Lipinski definition) is 2. The fourth-order valence-corrected chi connectivity index (χ4v) is 2.25. The average Bonchev–Trinajstić information content (AvgIpc) is 3.08. The zero-order valence-corrected chi connectivity index (χ0v) is 11.1. The van der Waals surface area contributed by atoms with E-state index in [0.717, 1.165) is 12.8 Å². The van der Waals surface area contributed by atoms with Crippen LogP contribution in [-0.4, -0.2) is 20.9 Å². The van der Waals surface area contributed by atoms with Crippen molar-refractivity contribution in [2.75, 3.05) is 6.54 Å². The SMILES string of the molecule is NS(=O)(=O)c1ccc(Cl)c(C(=O)NCC2CC2)c1. The maximum Gasteiger partial charge on any atom is 0.252 e. The van der Waals surface area contributed by atoms with Gasteiger partial charge >= 0.3 is 0 Å². The molecule has 1 saturated carbocycles. The van der Waals surface area contributed by atoms with Gasteiger partial charge in [-0.3, -0.25) is 4.79 Å². The Balaban J connectivity index is 2.22. The van der Waals surface area contributed by atoms with Crippen LogP contribution in [0.15, 0.2) is 23.1 Å². The third kappa shape index (κ3) is 3.22. The Kier molecular flexibility index (Phi) is 3.61. The second-order valence-electron chi connectivity index (χ2n) is 4.34. The molecular weight excluding hydrogens is 276 g/mol. The molecular formula is C11H13ClN2O3S. The number of amides is 1. The molecule has 0 heterocycles. The molecule has 0 aromatic heterocycles. The van der Waals surface area contributed by atoms with E-state index in [2.05, 4.69) is 5.32 Å². The molecule has 1 aromatic carbocycles. The second-order valence-corrected chi connectivity index (χ2v) is 6.31. The summed E-state index contributed by atoms with van der Waals surface area (Å²) in [7, 11) is -3.83. The van der Waals surface area contributed by atoms with Gasteiger partial charge in [0.2, 0.25) is 10.0 Å². The minimum absolute atomic E-state index is 0.122. The van der Waals surface area contributed by atoms with Crippen LogP contribution < -0.4 is 10.5 Å². The molecule has 2 rings (SSSR count). The number of carbonyl (C=O) groups is 1. The summed E-state index contributed by atoms with van der Waals surface area (Å²) in [5.41, 5.74) is 0.129. The third-order valence-electron chi connectivity index (χ3n) is 2.76. The van der Waals surface area contributed by atoms with Crippen LogP contribution in [0.2, 0.25) is 5.02 Å². The van der Waals surface area contributed by atoms with Gasteiger partial charge in [0.05, 0.1) is 15.5 Å². The molecule has 1 aromatic rings. The lowest BCUT2D eigenvalue weighted by Crippen LogP contribution is -2.26. The molecule has 0 atom stereocenters. The number of carbonyl (C=O) groups excluding carboxylic acids is 1. The van der Waals surface area contributed by atoms with Crippen LogP contribution in [0.3, 0.4) is 0 Å². The third-order valence-corrected chi connectivity index (χ3v) is 4.00. The van der Waals surface area contributed by atoms with E-state index >= 15 is 0 Å². The average molecular weight is 289 g/mol. The zero-order chi connectivity index (χ0) is 13.3. The van der Waals surface area contributed by atoms with Gasteiger partial charge in [0.25, 0.3) is 5.91 Å². The Morgan fingerprint density at radius 1 is 1.44 bits per heavy atom. The molecule has 1 aliphatic carbocycles. The number of sulfonamides is 1. The summed E-state index contributed by atoms with van der Waals surface area (Å²) in [5.74, 6) is 0.159. The van der Waals surface area contributed by atoms with Gasteiger partial charge in [-0.25, -0.2) is 13.6 Å². The van der Waals surface area contributed by atoms with Crippen molar-refractivity contribution in [2.45, 2.75) is 17.7 Å². The predicted octanol–water partition coefficient (Wildman–Crippen LogP) is 1.13. The van der Waals surface area contributed by atoms with Gasteiger partial charge in [0, 0.05) is 6.54 Å². The predicted molar refractivity (Wildman–Crippen MR) is 67.9 cm³/mol. The van der Waals surface area contributed by atoms with E-state index in [1.807, 2.05) is 0 Å². The highest BCUT2D eigenvalue weighted by atomic mass is 35.5. The molecule has 1 aliphatic rings. The first-order valence-electron chi connectivity index (χ1n) is 5.48. The molecule has 1 amide bonds. The Labute approximate surface area is 110 Å². The van der Waals surface area contributed by atoms with Crippen molar-refractivity contribution in [2.24, 2.45) is 11.1 Å². The Hall–Kier alpha value is -1.11. The fraction of sp³-hybridized carbons (Fsp3) is 0.364. The van der Waals surface area contributed by atoms with Crippen molar-refractivity contribution >= 4 is 27.5 Å². The van der Waals surface area contributed by atoms with E-state index < -0.39 is 10.0 Å². The van der Waals surface area contributed by atoms with Crippen LogP contribution in [0.1, 0.15) is 23.2 Å². The minimum atomic E-state index is -3.83. The van der Waals surface area contributed by atoms with E-state index in [9.17, 15) is 13.2 Å². The van der Waals surface area contributed by atoms with Crippen LogP contribution in [0.5, 0.6) is 0 Å². The van der Waals surface area contributed by atoms with E-state index in [-0.39, 0.29) is 21.4 Å². The summed E-state index contributed by atoms with van der Waals surface area (Å²) in [6.45, 7) is 0.592. The lowest BCUT2D eigenvalue weighted by Gasteiger charge is -2.07. The molecule has 0 saturated heterocycles. The maximum atomic E-state index is 11.8. The number of primary sulfonamides is 1. The highest BCUT2D eigenvalue weighted by Crippen LogP contribution is 2.28. The van der Waals surface area contributed by atoms with Crippen molar-refractivity contribution in [1.82, 2.24) is 5.32 Å². The summed E-state index contributed by atoms with van der Waals surface area (Å²) >= 11 is 5.88. The minimum Gasteiger partial charge on any atom is -0.352 e. The Morgan fingerprint density at radius 2 is 2.11 bits per heavy atom. The van der Waals surface area contributed by atoms with E-state index in [1.165, 1.54) is 18.2 Å². The van der Waals surface area contributed by atoms with Crippen LogP contribution >= 0.6 is 11.6 Å². The molecule has 3 N–H and O–H groups in total. The normalized spacial score (nSPS) is 15.4. The van der Waals surface area contributed by atoms with E-state index in [4.69, 9.17) is 16.7 Å². The maximum absolute atomic E-state index is 11.8. The van der Waals surface area contributed by atoms with Crippen molar-refractivity contribution in [3.05, 3.63) is 28.8 Å². The molecule has 0 spiro atoms. The number of hydrogen-bond acceptors (Lipinski definition) is 3. The molecule has 0 aliphatic heterocycles. The lowest BCUT2D eigenvalue weighted by molar-refractivity contribution is 0.0951. The first-order valence-corrected chi connectivity index (χ1v) is 7.41. The molecule has 18 heavy (non-hydrogen) atoms. The van der Waals surface area contributed by atoms with Crippen LogP contribution in [-0.2, 0) is 10.0 Å². The number of halogens is 1. The summed E-state index contributed by atoms with van der Waals surface area (Å²) in [4.78, 5) is 11.7. The van der Waals surface area contributed by atoms with Crippen LogP contribution in [0.4, 0.5) is 0 Å². The first-order chi connectivity index (χ1) is 8.38. The van der Waals surface area contributed by atoms with Crippen molar-refractivity contribution < 1.29 is 13.2 Å². The molecule has 5 nitrogen and oxygen atoms in total. The number of benzene rings is 1. The number of nitrogens with one attached hydrogen (secondary N) is 1. The smallest absolute Gasteiger partial charge is 0.252 e. The summed E-state index contributed by atoms with van der Waals surface area (Å²) < 4.78 is 22.4. The van der Waals surface area contributed by atoms with Gasteiger partial charge in [0.1, 0.15) is 0 Å². The molecule has 7 heteroatoms. The zero-order valence-electron chi connectivity index (χ0n) is 9.52. The van der Waals surface area contributed by atoms with Gasteiger partial charge in [-0.15, -0.1) is 0 Å². The monoisotopic (exact) mass is 288 g/mol. The standard InChI is InChI=1S/C11H13ClN2O3S/c12-10-4-3-8(18(13,16)17)5-9(10)11(15)14-6-7-1-2-7/h3-5,7H,1-2,6H2,(H,14,15)(H2,13,16,17). The Bertz CT molecular complexity index is 582. The van der Waals surface area contributed by atoms with Crippen LogP contribution in [0, 0.1) is 5.92 Å². The van der Waals surface area contributed by atoms with Gasteiger partial charge < -0.3 is 5.32 Å². The highest BCUT2D eigenvalue weighted by Gasteiger charge is 2.23. The molecule has 0 radical (unpaired) electrons. The second kappa shape index (κ2) is 4.87. The van der Waals surface area contributed by atoms with E-state index in [1.54, 1.807) is 0 Å². The van der Waals surface area contributed by atoms with Crippen molar-refractivity contribution in [1.29, 1.82) is 0 Å². The highest BCUT2D eigenvalue weighted by molar-refractivity contribution is 7.89. The van der Waals surface area contributed by atoms with Gasteiger partial charge in [-0.1, -0.05) is 11.6 Å². The molecule has 1 fully saturated rings. The summed E-state index contributed by atoms with van der Waals surface area (Å²) in [6.07, 6.45) is 2.23. The Morgan fingerprint density at radius 3 is 2.67 bits per heavy atom. The van der Waals surface area contributed by atoms with Gasteiger partial charge in [-0.05, 0) is 37.0 Å². The number of rotatable bonds is 4. The van der Waals surface area contributed by atoms with Gasteiger partial charge in [-0.2, -0.15) is 0 Å². The van der Waals surface area contributed by atoms with Crippen LogP contribution in [0.25, 0.3) is 0 Å². The molecule has 98 valence electrons. The largest absolute Gasteiger partial charge is 0.352 e. The molecule has 0 unspecified atom stereocenters. The van der Waals surface area contributed by atoms with Crippen molar-refractivity contribution in [3.63, 3.8) is 0 Å². The summed E-state index contributed by atoms with van der Waals surface area (Å²) in [5, 5.41) is 7.93.